The molecule has 0 unspecified atom stereocenters. The Morgan fingerprint density at radius 1 is 1.11 bits per heavy atom. The van der Waals surface area contributed by atoms with Crippen LogP contribution < -0.4 is 10.6 Å². The number of halogens is 2. The molecule has 0 heterocycles. The van der Waals surface area contributed by atoms with Gasteiger partial charge in [0.05, 0.1) is 12.0 Å². The first-order valence-corrected chi connectivity index (χ1v) is 11.2. The summed E-state index contributed by atoms with van der Waals surface area (Å²) in [7, 11) is 2.80. The van der Waals surface area contributed by atoms with E-state index in [9.17, 15) is 18.4 Å². The lowest BCUT2D eigenvalue weighted by Crippen LogP contribution is -2.51. The summed E-state index contributed by atoms with van der Waals surface area (Å²) in [5, 5.41) is 7.89. The second-order valence-electron chi connectivity index (χ2n) is 8.57. The third kappa shape index (κ3) is 5.40. The maximum Gasteiger partial charge on any atom is 0.229 e. The van der Waals surface area contributed by atoms with Crippen molar-refractivity contribution in [3.63, 3.8) is 0 Å². The zero-order valence-electron chi connectivity index (χ0n) is 19.8. The van der Waals surface area contributed by atoms with Crippen molar-refractivity contribution in [3.05, 3.63) is 76.5 Å². The smallest absolute Gasteiger partial charge is 0.229 e. The van der Waals surface area contributed by atoms with Crippen molar-refractivity contribution in [2.75, 3.05) is 19.0 Å². The van der Waals surface area contributed by atoms with Crippen molar-refractivity contribution in [1.29, 1.82) is 5.41 Å². The Hall–Kier alpha value is -3.99. The molecular formula is C27H28F2N4O2. The van der Waals surface area contributed by atoms with E-state index >= 15 is 0 Å². The van der Waals surface area contributed by atoms with Gasteiger partial charge in [-0.2, -0.15) is 0 Å². The van der Waals surface area contributed by atoms with Gasteiger partial charge in [-0.15, -0.1) is 0 Å². The number of carbonyl (C=O) groups excluding carboxylic acids is 2. The average Bonchev–Trinajstić information content (AvgIpc) is 3.00. The Morgan fingerprint density at radius 3 is 2.34 bits per heavy atom. The largest absolute Gasteiger partial charge is 0.402 e. The van der Waals surface area contributed by atoms with Gasteiger partial charge in [-0.05, 0) is 43.5 Å². The zero-order chi connectivity index (χ0) is 25.6. The van der Waals surface area contributed by atoms with E-state index in [0.717, 1.165) is 29.7 Å². The highest BCUT2D eigenvalue weighted by atomic mass is 19.1. The monoisotopic (exact) mass is 478 g/mol. The highest BCUT2D eigenvalue weighted by Gasteiger charge is 2.42. The number of anilines is 1. The predicted molar refractivity (Wildman–Crippen MR) is 132 cm³/mol. The molecule has 0 aromatic heterocycles. The number of nitrogens with zero attached hydrogens (tertiary/aromatic N) is 2. The maximum atomic E-state index is 15.0. The van der Waals surface area contributed by atoms with Crippen molar-refractivity contribution in [2.45, 2.75) is 37.6 Å². The molecule has 6 nitrogen and oxygen atoms in total. The summed E-state index contributed by atoms with van der Waals surface area (Å²) in [6.45, 7) is 0. The van der Waals surface area contributed by atoms with E-state index in [1.54, 1.807) is 12.1 Å². The Balaban J connectivity index is 1.93. The average molecular weight is 479 g/mol. The molecule has 8 heteroatoms. The number of benzene rings is 2. The molecule has 35 heavy (non-hydrogen) atoms. The summed E-state index contributed by atoms with van der Waals surface area (Å²) in [6, 6.07) is 11.2. The highest BCUT2D eigenvalue weighted by molar-refractivity contribution is 5.96. The Morgan fingerprint density at radius 2 is 1.74 bits per heavy atom. The van der Waals surface area contributed by atoms with Crippen LogP contribution in [0.3, 0.4) is 0 Å². The second kappa shape index (κ2) is 11.0. The van der Waals surface area contributed by atoms with E-state index in [-0.39, 0.29) is 12.0 Å². The molecular weight excluding hydrogens is 450 g/mol. The number of nitrogens with one attached hydrogen (secondary N) is 1. The first kappa shape index (κ1) is 25.6. The molecule has 2 aromatic rings. The van der Waals surface area contributed by atoms with Crippen LogP contribution in [0.4, 0.5) is 14.5 Å². The van der Waals surface area contributed by atoms with Crippen molar-refractivity contribution in [3.8, 4) is 11.8 Å². The normalized spacial score (nSPS) is 17.6. The van der Waals surface area contributed by atoms with Gasteiger partial charge in [-0.3, -0.25) is 9.59 Å². The van der Waals surface area contributed by atoms with Gasteiger partial charge in [0.25, 0.3) is 0 Å². The lowest BCUT2D eigenvalue weighted by Gasteiger charge is -2.41. The molecule has 2 aromatic carbocycles. The van der Waals surface area contributed by atoms with Crippen LogP contribution in [-0.4, -0.2) is 43.1 Å². The number of likely N-dealkylation sites (N-methyl/N-ethyl adjacent to an activating group) is 1. The summed E-state index contributed by atoms with van der Waals surface area (Å²) >= 11 is 0. The summed E-state index contributed by atoms with van der Waals surface area (Å²) in [5.74, 6) is 3.10. The van der Waals surface area contributed by atoms with E-state index in [1.165, 1.54) is 19.0 Å². The van der Waals surface area contributed by atoms with E-state index in [2.05, 4.69) is 11.8 Å². The molecule has 182 valence electrons. The zero-order valence-corrected chi connectivity index (χ0v) is 19.8. The molecule has 0 saturated carbocycles. The maximum absolute atomic E-state index is 15.0. The van der Waals surface area contributed by atoms with Gasteiger partial charge in [0.1, 0.15) is 5.69 Å². The minimum absolute atomic E-state index is 0.135. The molecule has 1 atom stereocenters. The van der Waals surface area contributed by atoms with E-state index < -0.39 is 28.8 Å². The minimum Gasteiger partial charge on any atom is -0.402 e. The third-order valence-electron chi connectivity index (χ3n) is 6.41. The molecule has 1 aliphatic rings. The highest BCUT2D eigenvalue weighted by Crippen LogP contribution is 2.37. The van der Waals surface area contributed by atoms with Gasteiger partial charge in [0.15, 0.2) is 11.6 Å². The molecule has 0 aliphatic heterocycles. The lowest BCUT2D eigenvalue weighted by molar-refractivity contribution is -0.125. The number of allylic oxidation sites excluding steroid dienone is 1. The molecule has 0 fully saturated rings. The summed E-state index contributed by atoms with van der Waals surface area (Å²) in [5.41, 5.74) is 6.14. The summed E-state index contributed by atoms with van der Waals surface area (Å²) in [6.07, 6.45) is 3.72. The fourth-order valence-electron chi connectivity index (χ4n) is 4.42. The number of nitrogens with two attached hydrogens (primary N) is 1. The summed E-state index contributed by atoms with van der Waals surface area (Å²) in [4.78, 5) is 27.3. The standard InChI is InChI=1S/C27H28F2N4O2/c1-32(18-34)27(13-7-6-10-24(31)21(27)17-30)16-25(35)33(2)26-22(28)14-20(15-23(26)29)12-11-19-8-4-3-5-9-19/h3-5,8-9,14-15,17-18,30H,6-7,10,13,16,31H2,1-2H3/t27-/m0/s1. The Bertz CT molecular complexity index is 1190. The molecule has 0 bridgehead atoms. The van der Waals surface area contributed by atoms with Gasteiger partial charge in [0, 0.05) is 42.7 Å². The van der Waals surface area contributed by atoms with Crippen molar-refractivity contribution < 1.29 is 18.4 Å². The number of carbonyl (C=O) groups is 2. The van der Waals surface area contributed by atoms with Gasteiger partial charge in [0.2, 0.25) is 12.3 Å². The molecule has 3 rings (SSSR count). The van der Waals surface area contributed by atoms with Gasteiger partial charge in [-0.25, -0.2) is 8.78 Å². The summed E-state index contributed by atoms with van der Waals surface area (Å²) < 4.78 is 30.0. The topological polar surface area (TPSA) is 90.5 Å². The lowest BCUT2D eigenvalue weighted by atomic mass is 9.81. The van der Waals surface area contributed by atoms with Crippen molar-refractivity contribution in [1.82, 2.24) is 4.90 Å². The molecule has 3 N–H and O–H groups in total. The van der Waals surface area contributed by atoms with Crippen LogP contribution in [0.2, 0.25) is 0 Å². The number of hydrogen-bond donors (Lipinski definition) is 2. The predicted octanol–water partition coefficient (Wildman–Crippen LogP) is 3.98. The fraction of sp³-hybridized carbons (Fsp3) is 0.296. The number of rotatable bonds is 6. The van der Waals surface area contributed by atoms with E-state index in [4.69, 9.17) is 11.1 Å². The van der Waals surface area contributed by atoms with Crippen LogP contribution in [0.5, 0.6) is 0 Å². The van der Waals surface area contributed by atoms with Crippen LogP contribution in [0.15, 0.2) is 53.7 Å². The molecule has 1 aliphatic carbocycles. The van der Waals surface area contributed by atoms with Crippen LogP contribution >= 0.6 is 0 Å². The van der Waals surface area contributed by atoms with Crippen LogP contribution in [-0.2, 0) is 9.59 Å². The van der Waals surface area contributed by atoms with Crippen LogP contribution in [0.1, 0.15) is 43.2 Å². The first-order valence-electron chi connectivity index (χ1n) is 11.2. The molecule has 0 saturated heterocycles. The molecule has 0 radical (unpaired) electrons. The van der Waals surface area contributed by atoms with Crippen molar-refractivity contribution in [2.24, 2.45) is 5.73 Å². The van der Waals surface area contributed by atoms with E-state index in [1.807, 2.05) is 18.2 Å². The number of amides is 2. The first-order chi connectivity index (χ1) is 16.7. The van der Waals surface area contributed by atoms with Gasteiger partial charge >= 0.3 is 0 Å². The van der Waals surface area contributed by atoms with Gasteiger partial charge < -0.3 is 20.9 Å². The molecule has 2 amide bonds. The fourth-order valence-corrected chi connectivity index (χ4v) is 4.42. The van der Waals surface area contributed by atoms with Crippen LogP contribution in [0, 0.1) is 28.9 Å². The quantitative estimate of drug-likeness (QED) is 0.374. The van der Waals surface area contributed by atoms with Crippen LogP contribution in [0.25, 0.3) is 0 Å². The SMILES string of the molecule is CN(C(=O)C[C@@]1(N(C)C=O)CCCCC(N)=C1C=N)c1c(F)cc(C#Cc2ccccc2)cc1F. The second-order valence-corrected chi connectivity index (χ2v) is 8.57. The van der Waals surface area contributed by atoms with Gasteiger partial charge in [-0.1, -0.05) is 36.5 Å². The van der Waals surface area contributed by atoms with E-state index in [0.29, 0.717) is 42.5 Å². The molecule has 0 spiro atoms. The Kier molecular flexibility index (Phi) is 8.02. The third-order valence-corrected chi connectivity index (χ3v) is 6.41. The van der Waals surface area contributed by atoms with Crippen molar-refractivity contribution >= 4 is 24.2 Å². The Labute approximate surface area is 203 Å². The minimum atomic E-state index is -1.18. The number of hydrogen-bond acceptors (Lipinski definition) is 4.